The maximum absolute atomic E-state index is 11.7. The van der Waals surface area contributed by atoms with Gasteiger partial charge in [0, 0.05) is 11.9 Å². The third kappa shape index (κ3) is 3.53. The van der Waals surface area contributed by atoms with E-state index in [2.05, 4.69) is 5.32 Å². The second-order valence-electron chi connectivity index (χ2n) is 4.39. The number of carbonyl (C=O) groups is 1. The maximum Gasteiger partial charge on any atom is 0.337 e. The summed E-state index contributed by atoms with van der Waals surface area (Å²) in [4.78, 5) is 11.0. The number of para-hydroxylation sites is 1. The summed E-state index contributed by atoms with van der Waals surface area (Å²) in [6, 6.07) is 10.8. The van der Waals surface area contributed by atoms with E-state index >= 15 is 0 Å². The van der Waals surface area contributed by atoms with E-state index < -0.39 is 15.8 Å². The van der Waals surface area contributed by atoms with Crippen molar-refractivity contribution in [3.05, 3.63) is 53.1 Å². The molecule has 0 heterocycles. The first-order valence-electron chi connectivity index (χ1n) is 5.88. The van der Waals surface area contributed by atoms with E-state index in [9.17, 15) is 13.2 Å². The summed E-state index contributed by atoms with van der Waals surface area (Å²) in [5.41, 5.74) is 0.888. The summed E-state index contributed by atoms with van der Waals surface area (Å²) >= 11 is 5.88. The lowest BCUT2D eigenvalue weighted by Crippen LogP contribution is -2.03. The molecule has 0 saturated heterocycles. The quantitative estimate of drug-likeness (QED) is 0.902. The lowest BCUT2D eigenvalue weighted by Gasteiger charge is -2.11. The lowest BCUT2D eigenvalue weighted by molar-refractivity contribution is 0.0697. The van der Waals surface area contributed by atoms with E-state index in [-0.39, 0.29) is 15.5 Å². The Morgan fingerprint density at radius 3 is 2.43 bits per heavy atom. The first-order valence-corrected chi connectivity index (χ1v) is 8.15. The predicted molar refractivity (Wildman–Crippen MR) is 81.2 cm³/mol. The predicted octanol–water partition coefficient (Wildman–Crippen LogP) is 3.19. The monoisotopic (exact) mass is 325 g/mol. The van der Waals surface area contributed by atoms with Gasteiger partial charge in [-0.2, -0.15) is 0 Å². The van der Waals surface area contributed by atoms with Crippen molar-refractivity contribution in [1.29, 1.82) is 0 Å². The van der Waals surface area contributed by atoms with Gasteiger partial charge in [-0.15, -0.1) is 0 Å². The summed E-state index contributed by atoms with van der Waals surface area (Å²) in [5.74, 6) is -1.12. The Labute approximate surface area is 127 Å². The lowest BCUT2D eigenvalue weighted by atomic mass is 10.2. The number of aromatic carboxylic acids is 1. The maximum atomic E-state index is 11.7. The molecule has 0 spiro atoms. The largest absolute Gasteiger partial charge is 0.478 e. The molecular formula is C14H12ClNO4S. The average molecular weight is 326 g/mol. The highest BCUT2D eigenvalue weighted by Crippen LogP contribution is 2.27. The van der Waals surface area contributed by atoms with E-state index in [1.807, 2.05) is 0 Å². The standard InChI is InChI=1S/C14H12ClNO4S/c1-21(19,20)13-5-3-2-4-12(13)16-9-6-7-10(14(17)18)11(15)8-9/h2-8,16H,1H3,(H,17,18). The van der Waals surface area contributed by atoms with Gasteiger partial charge in [0.05, 0.1) is 21.2 Å². The van der Waals surface area contributed by atoms with Crippen molar-refractivity contribution in [2.24, 2.45) is 0 Å². The van der Waals surface area contributed by atoms with Gasteiger partial charge in [-0.25, -0.2) is 13.2 Å². The number of benzene rings is 2. The molecule has 0 radical (unpaired) electrons. The van der Waals surface area contributed by atoms with E-state index in [1.54, 1.807) is 18.2 Å². The fourth-order valence-electron chi connectivity index (χ4n) is 1.82. The van der Waals surface area contributed by atoms with Crippen LogP contribution in [0.1, 0.15) is 10.4 Å². The van der Waals surface area contributed by atoms with Crippen LogP contribution >= 0.6 is 11.6 Å². The van der Waals surface area contributed by atoms with E-state index in [4.69, 9.17) is 16.7 Å². The summed E-state index contributed by atoms with van der Waals surface area (Å²) in [6.07, 6.45) is 1.12. The number of halogens is 1. The number of carboxylic acid groups (broad SMARTS) is 1. The number of anilines is 2. The minimum Gasteiger partial charge on any atom is -0.478 e. The molecule has 5 nitrogen and oxygen atoms in total. The Morgan fingerprint density at radius 1 is 1.19 bits per heavy atom. The average Bonchev–Trinajstić information content (AvgIpc) is 2.37. The Kier molecular flexibility index (Phi) is 4.20. The van der Waals surface area contributed by atoms with Crippen LogP contribution in [0.3, 0.4) is 0 Å². The highest BCUT2D eigenvalue weighted by atomic mass is 35.5. The van der Waals surface area contributed by atoms with Crippen molar-refractivity contribution in [2.75, 3.05) is 11.6 Å². The van der Waals surface area contributed by atoms with Crippen molar-refractivity contribution >= 4 is 38.8 Å². The van der Waals surface area contributed by atoms with Gasteiger partial charge in [0.1, 0.15) is 0 Å². The molecule has 0 unspecified atom stereocenters. The van der Waals surface area contributed by atoms with Gasteiger partial charge in [0.25, 0.3) is 0 Å². The highest BCUT2D eigenvalue weighted by Gasteiger charge is 2.14. The van der Waals surface area contributed by atoms with Crippen molar-refractivity contribution < 1.29 is 18.3 Å². The first kappa shape index (κ1) is 15.3. The zero-order valence-electron chi connectivity index (χ0n) is 11.0. The van der Waals surface area contributed by atoms with Crippen molar-refractivity contribution in [3.8, 4) is 0 Å². The minimum absolute atomic E-state index is 0.0152. The molecule has 2 rings (SSSR count). The third-order valence-corrected chi connectivity index (χ3v) is 4.23. The number of rotatable bonds is 4. The topological polar surface area (TPSA) is 83.5 Å². The fourth-order valence-corrected chi connectivity index (χ4v) is 2.92. The molecule has 0 saturated carbocycles. The first-order chi connectivity index (χ1) is 9.79. The van der Waals surface area contributed by atoms with E-state index in [1.165, 1.54) is 24.3 Å². The second-order valence-corrected chi connectivity index (χ2v) is 6.78. The Bertz CT molecular complexity index is 802. The molecule has 0 aromatic heterocycles. The third-order valence-electron chi connectivity index (χ3n) is 2.77. The Morgan fingerprint density at radius 2 is 1.86 bits per heavy atom. The van der Waals surface area contributed by atoms with Crippen LogP contribution in [0, 0.1) is 0 Å². The number of hydrogen-bond donors (Lipinski definition) is 2. The van der Waals surface area contributed by atoms with Gasteiger partial charge < -0.3 is 10.4 Å². The highest BCUT2D eigenvalue weighted by molar-refractivity contribution is 7.90. The van der Waals surface area contributed by atoms with Crippen molar-refractivity contribution in [3.63, 3.8) is 0 Å². The van der Waals surface area contributed by atoms with Crippen LogP contribution in [0.2, 0.25) is 5.02 Å². The molecule has 2 aromatic carbocycles. The molecule has 110 valence electrons. The van der Waals surface area contributed by atoms with Crippen LogP contribution in [-0.2, 0) is 9.84 Å². The molecule has 0 fully saturated rings. The molecule has 21 heavy (non-hydrogen) atoms. The van der Waals surface area contributed by atoms with Crippen LogP contribution < -0.4 is 5.32 Å². The van der Waals surface area contributed by atoms with Gasteiger partial charge in [0.2, 0.25) is 0 Å². The second kappa shape index (κ2) is 5.75. The van der Waals surface area contributed by atoms with Crippen LogP contribution in [0.25, 0.3) is 0 Å². The summed E-state index contributed by atoms with van der Waals surface area (Å²) in [5, 5.41) is 11.9. The van der Waals surface area contributed by atoms with Gasteiger partial charge >= 0.3 is 5.97 Å². The molecule has 0 aliphatic carbocycles. The fraction of sp³-hybridized carbons (Fsp3) is 0.0714. The van der Waals surface area contributed by atoms with Crippen LogP contribution in [0.5, 0.6) is 0 Å². The molecule has 0 atom stereocenters. The van der Waals surface area contributed by atoms with Gasteiger partial charge in [-0.3, -0.25) is 0 Å². The number of sulfone groups is 1. The van der Waals surface area contributed by atoms with Gasteiger partial charge in [-0.1, -0.05) is 23.7 Å². The molecule has 0 bridgehead atoms. The number of nitrogens with one attached hydrogen (secondary N) is 1. The van der Waals surface area contributed by atoms with E-state index in [0.717, 1.165) is 6.26 Å². The van der Waals surface area contributed by atoms with Crippen LogP contribution in [0.4, 0.5) is 11.4 Å². The summed E-state index contributed by atoms with van der Waals surface area (Å²) in [6.45, 7) is 0. The molecule has 0 aliphatic rings. The number of carboxylic acids is 1. The molecule has 7 heteroatoms. The Hall–Kier alpha value is -2.05. The van der Waals surface area contributed by atoms with Crippen LogP contribution in [0.15, 0.2) is 47.4 Å². The zero-order chi connectivity index (χ0) is 15.6. The molecule has 2 N–H and O–H groups in total. The number of hydrogen-bond acceptors (Lipinski definition) is 4. The SMILES string of the molecule is CS(=O)(=O)c1ccccc1Nc1ccc(C(=O)O)c(Cl)c1. The van der Waals surface area contributed by atoms with Crippen molar-refractivity contribution in [1.82, 2.24) is 0 Å². The summed E-state index contributed by atoms with van der Waals surface area (Å²) in [7, 11) is -3.37. The minimum atomic E-state index is -3.37. The van der Waals surface area contributed by atoms with E-state index in [0.29, 0.717) is 11.4 Å². The van der Waals surface area contributed by atoms with Gasteiger partial charge in [-0.05, 0) is 30.3 Å². The molecule has 0 amide bonds. The van der Waals surface area contributed by atoms with Crippen LogP contribution in [-0.4, -0.2) is 25.7 Å². The molecular weight excluding hydrogens is 314 g/mol. The molecule has 2 aromatic rings. The smallest absolute Gasteiger partial charge is 0.337 e. The Balaban J connectivity index is 2.40. The molecule has 0 aliphatic heterocycles. The summed E-state index contributed by atoms with van der Waals surface area (Å²) < 4.78 is 23.4. The zero-order valence-corrected chi connectivity index (χ0v) is 12.6. The normalized spacial score (nSPS) is 11.1. The van der Waals surface area contributed by atoms with Gasteiger partial charge in [0.15, 0.2) is 9.84 Å². The van der Waals surface area contributed by atoms with Crippen molar-refractivity contribution in [2.45, 2.75) is 4.90 Å².